The van der Waals surface area contributed by atoms with E-state index >= 15 is 0 Å². The number of carbonyl (C=O) groups is 1. The van der Waals surface area contributed by atoms with Crippen LogP contribution in [-0.4, -0.2) is 15.8 Å². The molecule has 1 N–H and O–H groups in total. The summed E-state index contributed by atoms with van der Waals surface area (Å²) in [7, 11) is 0. The smallest absolute Gasteiger partial charge is 0.183 e. The Morgan fingerprint density at radius 1 is 1.57 bits per heavy atom. The van der Waals surface area contributed by atoms with Crippen molar-refractivity contribution in [3.63, 3.8) is 0 Å². The Hall–Kier alpha value is -1.12. The maximum atomic E-state index is 11.9. The van der Waals surface area contributed by atoms with E-state index in [2.05, 4.69) is 23.8 Å². The second-order valence-corrected chi connectivity index (χ2v) is 3.58. The van der Waals surface area contributed by atoms with E-state index in [1.807, 2.05) is 0 Å². The van der Waals surface area contributed by atoms with Gasteiger partial charge in [-0.2, -0.15) is 0 Å². The van der Waals surface area contributed by atoms with E-state index in [1.54, 1.807) is 12.5 Å². The molecule has 1 rings (SSSR count). The normalized spacial score (nSPS) is 12.7. The van der Waals surface area contributed by atoms with Gasteiger partial charge >= 0.3 is 0 Å². The Balaban J connectivity index is 2.56. The number of hydrogen-bond donors (Lipinski definition) is 1. The van der Waals surface area contributed by atoms with Gasteiger partial charge in [0.05, 0.1) is 12.5 Å². The van der Waals surface area contributed by atoms with Gasteiger partial charge in [-0.3, -0.25) is 4.79 Å². The van der Waals surface area contributed by atoms with E-state index in [-0.39, 0.29) is 11.7 Å². The van der Waals surface area contributed by atoms with Crippen LogP contribution >= 0.6 is 0 Å². The summed E-state index contributed by atoms with van der Waals surface area (Å²) in [6.07, 6.45) is 7.34. The molecule has 1 aromatic heterocycles. The number of rotatable bonds is 6. The van der Waals surface area contributed by atoms with Gasteiger partial charge in [0.2, 0.25) is 0 Å². The van der Waals surface area contributed by atoms with Crippen molar-refractivity contribution in [2.75, 3.05) is 0 Å². The van der Waals surface area contributed by atoms with Crippen molar-refractivity contribution in [3.8, 4) is 0 Å². The molecule has 0 saturated heterocycles. The molecule has 1 unspecified atom stereocenters. The van der Waals surface area contributed by atoms with Gasteiger partial charge in [0, 0.05) is 5.92 Å². The van der Waals surface area contributed by atoms with Gasteiger partial charge in [0.1, 0.15) is 5.69 Å². The molecule has 3 heteroatoms. The minimum absolute atomic E-state index is 0.162. The molecule has 3 nitrogen and oxygen atoms in total. The van der Waals surface area contributed by atoms with E-state index in [0.29, 0.717) is 5.69 Å². The zero-order chi connectivity index (χ0) is 10.4. The first-order chi connectivity index (χ1) is 6.79. The lowest BCUT2D eigenvalue weighted by Gasteiger charge is -2.11. The fraction of sp³-hybridized carbons (Fsp3) is 0.636. The zero-order valence-corrected chi connectivity index (χ0v) is 8.92. The van der Waals surface area contributed by atoms with E-state index in [0.717, 1.165) is 25.7 Å². The van der Waals surface area contributed by atoms with Crippen LogP contribution in [0, 0.1) is 5.92 Å². The van der Waals surface area contributed by atoms with Crippen LogP contribution in [0.2, 0.25) is 0 Å². The van der Waals surface area contributed by atoms with Crippen LogP contribution in [-0.2, 0) is 0 Å². The third kappa shape index (κ3) is 2.69. The lowest BCUT2D eigenvalue weighted by Crippen LogP contribution is -2.14. The zero-order valence-electron chi connectivity index (χ0n) is 8.92. The van der Waals surface area contributed by atoms with Crippen LogP contribution in [0.5, 0.6) is 0 Å². The second-order valence-electron chi connectivity index (χ2n) is 3.58. The maximum absolute atomic E-state index is 11.9. The highest BCUT2D eigenvalue weighted by molar-refractivity contribution is 5.95. The molecule has 0 radical (unpaired) electrons. The molecule has 0 aliphatic carbocycles. The summed E-state index contributed by atoms with van der Waals surface area (Å²) in [5.74, 6) is 0.369. The quantitative estimate of drug-likeness (QED) is 0.708. The molecule has 1 aromatic rings. The SMILES string of the molecule is CCCCC(CC)C(=O)c1cnc[nH]1. The fourth-order valence-corrected chi connectivity index (χ4v) is 1.58. The second kappa shape index (κ2) is 5.58. The summed E-state index contributed by atoms with van der Waals surface area (Å²) < 4.78 is 0. The summed E-state index contributed by atoms with van der Waals surface area (Å²) in [6.45, 7) is 4.21. The number of hydrogen-bond acceptors (Lipinski definition) is 2. The number of imidazole rings is 1. The topological polar surface area (TPSA) is 45.8 Å². The van der Waals surface area contributed by atoms with Crippen molar-refractivity contribution >= 4 is 5.78 Å². The number of unbranched alkanes of at least 4 members (excludes halogenated alkanes) is 1. The van der Waals surface area contributed by atoms with Gasteiger partial charge in [0.15, 0.2) is 5.78 Å². The molecule has 0 bridgehead atoms. The summed E-state index contributed by atoms with van der Waals surface area (Å²) >= 11 is 0. The summed E-state index contributed by atoms with van der Waals surface area (Å²) in [5.41, 5.74) is 0.646. The molecule has 0 amide bonds. The van der Waals surface area contributed by atoms with Crippen LogP contribution in [0.1, 0.15) is 50.0 Å². The molecule has 0 aromatic carbocycles. The monoisotopic (exact) mass is 194 g/mol. The summed E-state index contributed by atoms with van der Waals surface area (Å²) in [6, 6.07) is 0. The Labute approximate surface area is 84.9 Å². The van der Waals surface area contributed by atoms with Gasteiger partial charge in [0.25, 0.3) is 0 Å². The molecular formula is C11H18N2O. The molecule has 1 heterocycles. The summed E-state index contributed by atoms with van der Waals surface area (Å²) in [4.78, 5) is 18.6. The van der Waals surface area contributed by atoms with Gasteiger partial charge < -0.3 is 4.98 Å². The number of H-pyrrole nitrogens is 1. The predicted octanol–water partition coefficient (Wildman–Crippen LogP) is 2.81. The largest absolute Gasteiger partial charge is 0.342 e. The number of carbonyl (C=O) groups excluding carboxylic acids is 1. The predicted molar refractivity (Wildman–Crippen MR) is 56.2 cm³/mol. The minimum Gasteiger partial charge on any atom is -0.342 e. The average molecular weight is 194 g/mol. The number of ketones is 1. The molecule has 0 spiro atoms. The number of nitrogens with one attached hydrogen (secondary N) is 1. The van der Waals surface area contributed by atoms with Crippen molar-refractivity contribution < 1.29 is 4.79 Å². The number of Topliss-reactive ketones (excluding diaryl/α,β-unsaturated/α-hetero) is 1. The lowest BCUT2D eigenvalue weighted by atomic mass is 9.93. The highest BCUT2D eigenvalue weighted by Gasteiger charge is 2.18. The Morgan fingerprint density at radius 3 is 2.86 bits per heavy atom. The molecule has 0 fully saturated rings. The van der Waals surface area contributed by atoms with Crippen molar-refractivity contribution in [2.45, 2.75) is 39.5 Å². The Morgan fingerprint density at radius 2 is 2.36 bits per heavy atom. The van der Waals surface area contributed by atoms with E-state index < -0.39 is 0 Å². The van der Waals surface area contributed by atoms with Gasteiger partial charge in [-0.25, -0.2) is 4.98 Å². The molecule has 0 aliphatic rings. The highest BCUT2D eigenvalue weighted by Crippen LogP contribution is 2.17. The first-order valence-electron chi connectivity index (χ1n) is 5.32. The first kappa shape index (κ1) is 11.0. The molecule has 78 valence electrons. The van der Waals surface area contributed by atoms with E-state index in [9.17, 15) is 4.79 Å². The van der Waals surface area contributed by atoms with Crippen LogP contribution in [0.25, 0.3) is 0 Å². The molecule has 0 saturated carbocycles. The van der Waals surface area contributed by atoms with Crippen molar-refractivity contribution in [3.05, 3.63) is 18.2 Å². The van der Waals surface area contributed by atoms with Crippen LogP contribution in [0.4, 0.5) is 0 Å². The summed E-state index contributed by atoms with van der Waals surface area (Å²) in [5, 5.41) is 0. The third-order valence-corrected chi connectivity index (χ3v) is 2.53. The number of nitrogens with zero attached hydrogens (tertiary/aromatic N) is 1. The number of aromatic amines is 1. The standard InChI is InChI=1S/C11H18N2O/c1-3-5-6-9(4-2)11(14)10-7-12-8-13-10/h7-9H,3-6H2,1-2H3,(H,12,13). The molecule has 1 atom stereocenters. The first-order valence-corrected chi connectivity index (χ1v) is 5.32. The van der Waals surface area contributed by atoms with Crippen LogP contribution in [0.15, 0.2) is 12.5 Å². The van der Waals surface area contributed by atoms with Crippen LogP contribution < -0.4 is 0 Å². The highest BCUT2D eigenvalue weighted by atomic mass is 16.1. The van der Waals surface area contributed by atoms with Crippen LogP contribution in [0.3, 0.4) is 0 Å². The average Bonchev–Trinajstić information content (AvgIpc) is 2.71. The Bertz CT molecular complexity index is 267. The van der Waals surface area contributed by atoms with Crippen molar-refractivity contribution in [2.24, 2.45) is 5.92 Å². The van der Waals surface area contributed by atoms with E-state index in [1.165, 1.54) is 0 Å². The number of aromatic nitrogens is 2. The molecular weight excluding hydrogens is 176 g/mol. The van der Waals surface area contributed by atoms with Gasteiger partial charge in [-0.05, 0) is 12.8 Å². The Kier molecular flexibility index (Phi) is 4.36. The maximum Gasteiger partial charge on any atom is 0.183 e. The van der Waals surface area contributed by atoms with Gasteiger partial charge in [-0.1, -0.05) is 26.7 Å². The van der Waals surface area contributed by atoms with Crippen molar-refractivity contribution in [1.29, 1.82) is 0 Å². The fourth-order valence-electron chi connectivity index (χ4n) is 1.58. The minimum atomic E-state index is 0.162. The van der Waals surface area contributed by atoms with E-state index in [4.69, 9.17) is 0 Å². The third-order valence-electron chi connectivity index (χ3n) is 2.53. The lowest BCUT2D eigenvalue weighted by molar-refractivity contribution is 0.0903. The molecule has 14 heavy (non-hydrogen) atoms. The van der Waals surface area contributed by atoms with Gasteiger partial charge in [-0.15, -0.1) is 0 Å². The van der Waals surface area contributed by atoms with Crippen molar-refractivity contribution in [1.82, 2.24) is 9.97 Å². The molecule has 0 aliphatic heterocycles.